The summed E-state index contributed by atoms with van der Waals surface area (Å²) in [6, 6.07) is 13.4. The summed E-state index contributed by atoms with van der Waals surface area (Å²) in [5.74, 6) is 1.62. The zero-order valence-corrected chi connectivity index (χ0v) is 26.3. The van der Waals surface area contributed by atoms with E-state index in [1.165, 1.54) is 53.4 Å². The molecule has 1 unspecified atom stereocenters. The molecule has 1 aliphatic carbocycles. The minimum atomic E-state index is -0.0156. The normalized spacial score (nSPS) is 18.5. The lowest BCUT2D eigenvalue weighted by Gasteiger charge is -2.27. The number of rotatable bonds is 10. The van der Waals surface area contributed by atoms with Crippen molar-refractivity contribution in [3.8, 4) is 0 Å². The van der Waals surface area contributed by atoms with E-state index in [-0.39, 0.29) is 23.1 Å². The highest BCUT2D eigenvalue weighted by Crippen LogP contribution is 2.28. The van der Waals surface area contributed by atoms with Crippen molar-refractivity contribution in [3.63, 3.8) is 0 Å². The van der Waals surface area contributed by atoms with Crippen LogP contribution in [-0.2, 0) is 18.9 Å². The average Bonchev–Trinajstić information content (AvgIpc) is 3.80. The molecule has 8 nitrogen and oxygen atoms in total. The van der Waals surface area contributed by atoms with Gasteiger partial charge in [0.2, 0.25) is 0 Å². The Hall–Kier alpha value is -3.04. The van der Waals surface area contributed by atoms with Crippen molar-refractivity contribution in [2.45, 2.75) is 59.5 Å². The van der Waals surface area contributed by atoms with Crippen molar-refractivity contribution in [3.05, 3.63) is 70.8 Å². The Kier molecular flexibility index (Phi) is 18.3. The van der Waals surface area contributed by atoms with Crippen LogP contribution in [0.25, 0.3) is 0 Å². The molecule has 1 saturated carbocycles. The first-order chi connectivity index (χ1) is 20.0. The number of carbonyl (C=O) groups excluding carboxylic acids is 4. The average molecular weight is 585 g/mol. The molecule has 0 radical (unpaired) electrons. The summed E-state index contributed by atoms with van der Waals surface area (Å²) in [6.45, 7) is 9.53. The number of methoxy groups -OCH3 is 3. The molecule has 2 fully saturated rings. The van der Waals surface area contributed by atoms with Crippen LogP contribution < -0.4 is 0 Å². The molecule has 8 heteroatoms. The number of benzene rings is 2. The first kappa shape index (κ1) is 37.0. The summed E-state index contributed by atoms with van der Waals surface area (Å²) in [6.07, 6.45) is 5.71. The molecular weight excluding hydrogens is 536 g/mol. The Morgan fingerprint density at radius 3 is 1.17 bits per heavy atom. The molecule has 0 bridgehead atoms. The van der Waals surface area contributed by atoms with E-state index in [4.69, 9.17) is 18.9 Å². The zero-order chi connectivity index (χ0) is 31.5. The highest BCUT2D eigenvalue weighted by molar-refractivity contribution is 5.99. The summed E-state index contributed by atoms with van der Waals surface area (Å²) >= 11 is 0. The maximum absolute atomic E-state index is 10.9. The molecule has 2 aromatic carbocycles. The number of ether oxygens (including phenoxy) is 4. The second-order valence-corrected chi connectivity index (χ2v) is 10.6. The van der Waals surface area contributed by atoms with E-state index in [0.29, 0.717) is 28.4 Å². The van der Waals surface area contributed by atoms with Crippen LogP contribution in [0.2, 0.25) is 0 Å². The fraction of sp³-hybridized carbons (Fsp3) is 0.529. The standard InChI is InChI=1S/C10H20O2.2C10H10O2.C4H8O2/c1-11-7-9-3-5-10(6-4-9)8-12-2;1-7(11)9-3-5-10(6-4-9)8(2)12;1-7(11)9-4-3-5-10(6-9)8(2)12;1-5-2-4-3-6-4/h9-10H,3-8H2,1-2H3;2*3-6H,1-2H3;4H,2-3H2,1H3. The van der Waals surface area contributed by atoms with E-state index in [0.717, 1.165) is 38.3 Å². The third-order valence-corrected chi connectivity index (χ3v) is 6.90. The van der Waals surface area contributed by atoms with E-state index in [1.54, 1.807) is 69.9 Å². The molecule has 1 saturated heterocycles. The summed E-state index contributed by atoms with van der Waals surface area (Å²) in [5.41, 5.74) is 2.45. The van der Waals surface area contributed by atoms with E-state index < -0.39 is 0 Å². The van der Waals surface area contributed by atoms with Gasteiger partial charge >= 0.3 is 0 Å². The molecule has 0 amide bonds. The van der Waals surface area contributed by atoms with Gasteiger partial charge in [0.1, 0.15) is 6.10 Å². The quantitative estimate of drug-likeness (QED) is 0.236. The molecule has 0 spiro atoms. The molecule has 1 atom stereocenters. The molecule has 42 heavy (non-hydrogen) atoms. The van der Waals surface area contributed by atoms with Crippen molar-refractivity contribution in [1.29, 1.82) is 0 Å². The van der Waals surface area contributed by atoms with Crippen LogP contribution >= 0.6 is 0 Å². The topological polar surface area (TPSA) is 109 Å². The minimum absolute atomic E-state index is 0.0156. The van der Waals surface area contributed by atoms with Crippen molar-refractivity contribution < 1.29 is 38.1 Å². The molecule has 2 aromatic rings. The highest BCUT2D eigenvalue weighted by atomic mass is 16.6. The lowest BCUT2D eigenvalue weighted by Crippen LogP contribution is -2.20. The van der Waals surface area contributed by atoms with E-state index >= 15 is 0 Å². The molecule has 232 valence electrons. The van der Waals surface area contributed by atoms with Gasteiger partial charge in [0.05, 0.1) is 13.2 Å². The first-order valence-corrected chi connectivity index (χ1v) is 14.3. The zero-order valence-electron chi connectivity index (χ0n) is 26.3. The molecule has 2 aliphatic rings. The third kappa shape index (κ3) is 15.8. The Balaban J connectivity index is 0.000000287. The number of carbonyl (C=O) groups is 4. The Bertz CT molecular complexity index is 1020. The lowest BCUT2D eigenvalue weighted by atomic mass is 9.83. The van der Waals surface area contributed by atoms with Crippen LogP contribution in [0.1, 0.15) is 94.8 Å². The van der Waals surface area contributed by atoms with E-state index in [2.05, 4.69) is 0 Å². The van der Waals surface area contributed by atoms with Gasteiger partial charge in [-0.25, -0.2) is 0 Å². The van der Waals surface area contributed by atoms with Gasteiger partial charge in [-0.2, -0.15) is 0 Å². The summed E-state index contributed by atoms with van der Waals surface area (Å²) in [5, 5.41) is 0. The molecule has 1 aliphatic heterocycles. The fourth-order valence-electron chi connectivity index (χ4n) is 4.28. The monoisotopic (exact) mass is 584 g/mol. The minimum Gasteiger partial charge on any atom is -0.384 e. The van der Waals surface area contributed by atoms with Gasteiger partial charge in [0.25, 0.3) is 0 Å². The largest absolute Gasteiger partial charge is 0.384 e. The van der Waals surface area contributed by atoms with Gasteiger partial charge in [-0.15, -0.1) is 0 Å². The predicted octanol–water partition coefficient (Wildman–Crippen LogP) is 6.30. The molecule has 0 aromatic heterocycles. The van der Waals surface area contributed by atoms with Crippen LogP contribution in [0.5, 0.6) is 0 Å². The van der Waals surface area contributed by atoms with Gasteiger partial charge in [-0.05, 0) is 71.3 Å². The predicted molar refractivity (Wildman–Crippen MR) is 164 cm³/mol. The van der Waals surface area contributed by atoms with Crippen molar-refractivity contribution in [2.24, 2.45) is 11.8 Å². The smallest absolute Gasteiger partial charge is 0.159 e. The van der Waals surface area contributed by atoms with Crippen LogP contribution in [0, 0.1) is 11.8 Å². The van der Waals surface area contributed by atoms with Crippen molar-refractivity contribution in [2.75, 3.05) is 47.8 Å². The maximum atomic E-state index is 10.9. The van der Waals surface area contributed by atoms with Gasteiger partial charge in [-0.3, -0.25) is 19.2 Å². The number of epoxide rings is 1. The SMILES string of the molecule is CC(=O)c1ccc(C(C)=O)cc1.CC(=O)c1cccc(C(C)=O)c1.COCC1CCC(COC)CC1.COCC1CO1. The number of hydrogen-bond donors (Lipinski definition) is 0. The van der Waals surface area contributed by atoms with Gasteiger partial charge < -0.3 is 18.9 Å². The van der Waals surface area contributed by atoms with Crippen LogP contribution in [0.3, 0.4) is 0 Å². The third-order valence-electron chi connectivity index (χ3n) is 6.90. The van der Waals surface area contributed by atoms with E-state index in [9.17, 15) is 19.2 Å². The van der Waals surface area contributed by atoms with Gasteiger partial charge in [-0.1, -0.05) is 42.5 Å². The molecule has 4 rings (SSSR count). The van der Waals surface area contributed by atoms with Crippen LogP contribution in [-0.4, -0.2) is 77.0 Å². The molecule has 1 heterocycles. The summed E-state index contributed by atoms with van der Waals surface area (Å²) < 4.78 is 19.9. The lowest BCUT2D eigenvalue weighted by molar-refractivity contribution is 0.0862. The molecule has 0 N–H and O–H groups in total. The highest BCUT2D eigenvalue weighted by Gasteiger charge is 2.21. The number of hydrogen-bond acceptors (Lipinski definition) is 8. The number of Topliss-reactive ketones (excluding diaryl/α,β-unsaturated/α-hetero) is 4. The molecular formula is C34H48O8. The maximum Gasteiger partial charge on any atom is 0.159 e. The van der Waals surface area contributed by atoms with E-state index in [1.807, 2.05) is 0 Å². The Morgan fingerprint density at radius 2 is 0.929 bits per heavy atom. The van der Waals surface area contributed by atoms with Crippen LogP contribution in [0.15, 0.2) is 48.5 Å². The fourth-order valence-corrected chi connectivity index (χ4v) is 4.28. The first-order valence-electron chi connectivity index (χ1n) is 14.3. The second-order valence-electron chi connectivity index (χ2n) is 10.6. The Labute approximate surface area is 251 Å². The van der Waals surface area contributed by atoms with Gasteiger partial charge in [0, 0.05) is 56.8 Å². The summed E-state index contributed by atoms with van der Waals surface area (Å²) in [7, 11) is 5.27. The summed E-state index contributed by atoms with van der Waals surface area (Å²) in [4.78, 5) is 43.5. The van der Waals surface area contributed by atoms with Crippen molar-refractivity contribution >= 4 is 23.1 Å². The second kappa shape index (κ2) is 20.8. The van der Waals surface area contributed by atoms with Gasteiger partial charge in [0.15, 0.2) is 23.1 Å². The van der Waals surface area contributed by atoms with Crippen LogP contribution in [0.4, 0.5) is 0 Å². The number of ketones is 4. The van der Waals surface area contributed by atoms with Crippen molar-refractivity contribution in [1.82, 2.24) is 0 Å². The Morgan fingerprint density at radius 1 is 0.595 bits per heavy atom.